The number of halogens is 2. The molecule has 140 heavy (non-hydrogen) atoms. The van der Waals surface area contributed by atoms with Crippen LogP contribution in [0.15, 0.2) is 203 Å². The van der Waals surface area contributed by atoms with Crippen LogP contribution >= 0.6 is 96.2 Å². The maximum Gasteiger partial charge on any atom is 0.283 e. The third-order valence-electron chi connectivity index (χ3n) is 22.7. The van der Waals surface area contributed by atoms with Crippen LogP contribution in [0.5, 0.6) is 57.5 Å². The van der Waals surface area contributed by atoms with E-state index in [1.165, 1.54) is 79.0 Å². The second kappa shape index (κ2) is 57.9. The predicted octanol–water partition coefficient (Wildman–Crippen LogP) is 28.0. The van der Waals surface area contributed by atoms with Crippen molar-refractivity contribution in [3.63, 3.8) is 0 Å². The van der Waals surface area contributed by atoms with Crippen molar-refractivity contribution in [3.05, 3.63) is 344 Å². The Morgan fingerprint density at radius 3 is 0.943 bits per heavy atom. The zero-order valence-electron chi connectivity index (χ0n) is 85.0. The number of carbonyl (C=O) groups excluding carboxylic acids is 3. The Morgan fingerprint density at radius 1 is 0.286 bits per heavy atom. The Labute approximate surface area is 867 Å². The smallest absolute Gasteiger partial charge is 0.283 e. The summed E-state index contributed by atoms with van der Waals surface area (Å²) in [6.07, 6.45) is 0. The highest BCUT2D eigenvalue weighted by atomic mass is 35.5. The molecule has 0 radical (unpaired) electrons. The van der Waals surface area contributed by atoms with Gasteiger partial charge in [0.25, 0.3) is 31.2 Å². The van der Waals surface area contributed by atoms with Gasteiger partial charge in [-0.25, -0.2) is 4.39 Å². The van der Waals surface area contributed by atoms with Crippen molar-refractivity contribution in [1.82, 2.24) is 31.9 Å². The molecular weight excluding hydrogens is 1920 g/mol. The van der Waals surface area contributed by atoms with Crippen LogP contribution in [0.4, 0.5) is 18.8 Å². The number of aryl methyl sites for hydroxylation is 19. The summed E-state index contributed by atoms with van der Waals surface area (Å²) in [6.45, 7) is 43.7. The lowest BCUT2D eigenvalue weighted by Gasteiger charge is -2.17. The van der Waals surface area contributed by atoms with E-state index in [4.69, 9.17) is 95.6 Å². The first kappa shape index (κ1) is 115. The maximum absolute atomic E-state index is 14.1. The first-order valence-electron chi connectivity index (χ1n) is 45.5. The molecule has 12 rings (SSSR count). The number of thiol groups is 1. The Kier molecular flexibility index (Phi) is 47.7. The van der Waals surface area contributed by atoms with Crippen molar-refractivity contribution in [2.45, 2.75) is 199 Å². The molecule has 19 nitrogen and oxygen atoms in total. The SMILES string of the molecule is CCOc1cccc(OC(=S)NC)c1COc1cc(C)c(C)cc1C.CNC(=O)Sc1cccc(Cl)c1COc1cc(C)c(C)cc1C.CNC(=O)Sc1cccc(F)c1COc1cc(C)c(C)cc1C.CNC(=O)Sc1ccccc1COc1cc(C)c(C)cc1C.CNC(=S)Oc1cccc(C)c1COc1cc(C)c(C)cc1C.CNC(=S)Oc1cccc(CS)c1COc1cc(C)c(C)cc1C. The molecule has 0 bridgehead atoms. The standard InChI is InChI=1S/C20H25NO3S.C19H23NO2S2.C19H23NO2S.C18H20ClNO2S.C18H20FNO2S.C18H21NO2S/c1-6-22-17-8-7-9-18(24-20(25)21-5)16(17)12-23-19-11-14(3)13(2)10-15(19)4;1-12-8-14(3)18(9-13(12)2)21-10-16-15(11-23)6-5-7-17(16)22-19(24)20-4;1-12-7-6-8-17(22-19(23)20-5)16(12)11-21-18-10-14(3)13(2)9-15(18)4;2*1-11-8-13(3)16(9-12(11)2)22-10-14-15(19)6-5-7-17(14)23-18(21)20-4;1-12-9-14(3)16(10-13(12)2)21-11-15-7-5-6-8-17(15)22-18(20)19-4/h7-11H,6,12H2,1-5H3,(H,21,25);5-9,23H,10-11H2,1-4H3,(H,20,24);6-10H,11H2,1-5H3,(H,20,23);2*5-9H,10H2,1-4H3,(H,20,21);5-10H,11H2,1-4H3,(H,19,20). The van der Waals surface area contributed by atoms with Crippen LogP contribution in [0.25, 0.3) is 0 Å². The van der Waals surface area contributed by atoms with Crippen molar-refractivity contribution in [1.29, 1.82) is 0 Å². The van der Waals surface area contributed by atoms with E-state index in [0.717, 1.165) is 157 Å². The van der Waals surface area contributed by atoms with Gasteiger partial charge >= 0.3 is 0 Å². The molecule has 0 saturated carbocycles. The van der Waals surface area contributed by atoms with Crippen molar-refractivity contribution < 1.29 is 66.1 Å². The van der Waals surface area contributed by atoms with Crippen LogP contribution in [0, 0.1) is 137 Å². The summed E-state index contributed by atoms with van der Waals surface area (Å²) in [4.78, 5) is 37.0. The number of rotatable bonds is 27. The fraction of sp³-hybridized carbons (Fsp3) is 0.304. The van der Waals surface area contributed by atoms with Crippen molar-refractivity contribution >= 4 is 127 Å². The van der Waals surface area contributed by atoms with E-state index in [-0.39, 0.29) is 28.1 Å². The summed E-state index contributed by atoms with van der Waals surface area (Å²) in [5, 5.41) is 17.3. The Hall–Kier alpha value is -11.7. The van der Waals surface area contributed by atoms with Crippen LogP contribution in [0.3, 0.4) is 0 Å². The maximum atomic E-state index is 14.1. The monoisotopic (exact) mass is 2050 g/mol. The number of thioether (sulfide) groups is 3. The van der Waals surface area contributed by atoms with Crippen molar-refractivity contribution in [2.24, 2.45) is 0 Å². The van der Waals surface area contributed by atoms with E-state index in [1.54, 1.807) is 60.5 Å². The highest BCUT2D eigenvalue weighted by molar-refractivity contribution is 8.14. The topological polar surface area (TPSA) is 216 Å². The summed E-state index contributed by atoms with van der Waals surface area (Å²) >= 11 is 29.3. The Morgan fingerprint density at radius 2 is 0.564 bits per heavy atom. The minimum Gasteiger partial charge on any atom is -0.493 e. The molecule has 0 aliphatic heterocycles. The summed E-state index contributed by atoms with van der Waals surface area (Å²) in [5.41, 5.74) is 28.4. The summed E-state index contributed by atoms with van der Waals surface area (Å²) in [7, 11) is 9.99. The fourth-order valence-electron chi connectivity index (χ4n) is 13.7. The van der Waals surface area contributed by atoms with Crippen LogP contribution < -0.4 is 79.3 Å². The van der Waals surface area contributed by atoms with Gasteiger partial charge in [-0.05, 0) is 413 Å². The van der Waals surface area contributed by atoms with Crippen LogP contribution in [0.1, 0.15) is 152 Å². The zero-order chi connectivity index (χ0) is 103. The van der Waals surface area contributed by atoms with Gasteiger partial charge in [0.15, 0.2) is 0 Å². The second-order valence-corrected chi connectivity index (χ2v) is 38.0. The van der Waals surface area contributed by atoms with Gasteiger partial charge in [-0.2, -0.15) is 12.6 Å². The summed E-state index contributed by atoms with van der Waals surface area (Å²) < 4.78 is 72.9. The highest BCUT2D eigenvalue weighted by Gasteiger charge is 2.22. The van der Waals surface area contributed by atoms with Gasteiger partial charge in [-0.15, -0.1) is 0 Å². The fourth-order valence-corrected chi connectivity index (χ4v) is 16.7. The zero-order valence-corrected chi connectivity index (χ0v) is 91.6. The summed E-state index contributed by atoms with van der Waals surface area (Å²) in [5.74, 6) is 8.12. The van der Waals surface area contributed by atoms with Gasteiger partial charge in [-0.1, -0.05) is 109 Å². The van der Waals surface area contributed by atoms with Gasteiger partial charge in [0.2, 0.25) is 0 Å². The second-order valence-electron chi connectivity index (χ2n) is 33.1. The predicted molar refractivity (Wildman–Crippen MR) is 590 cm³/mol. The highest BCUT2D eigenvalue weighted by Crippen LogP contribution is 2.38. The van der Waals surface area contributed by atoms with E-state index in [2.05, 4.69) is 182 Å². The number of benzene rings is 12. The molecule has 0 unspecified atom stereocenters. The van der Waals surface area contributed by atoms with E-state index in [9.17, 15) is 18.8 Å². The molecule has 0 spiro atoms. The molecule has 6 N–H and O–H groups in total. The number of hydrogen-bond donors (Lipinski definition) is 7. The third kappa shape index (κ3) is 35.5. The van der Waals surface area contributed by atoms with Gasteiger partial charge < -0.3 is 79.3 Å². The van der Waals surface area contributed by atoms with E-state index in [0.29, 0.717) is 87.9 Å². The number of amides is 3. The number of nitrogens with one attached hydrogen (secondary N) is 6. The van der Waals surface area contributed by atoms with Crippen molar-refractivity contribution in [2.75, 3.05) is 48.9 Å². The molecule has 0 aliphatic carbocycles. The number of carbonyl (C=O) groups is 3. The molecule has 3 amide bonds. The quantitative estimate of drug-likeness (QED) is 0.0145. The minimum absolute atomic E-state index is 0.0742. The van der Waals surface area contributed by atoms with Crippen LogP contribution in [-0.4, -0.2) is 80.1 Å². The first-order chi connectivity index (χ1) is 66.7. The van der Waals surface area contributed by atoms with E-state index in [1.807, 2.05) is 165 Å². The molecule has 0 saturated heterocycles. The van der Waals surface area contributed by atoms with Gasteiger partial charge in [0.05, 0.1) is 12.2 Å². The molecule has 0 heterocycles. The van der Waals surface area contributed by atoms with Gasteiger partial charge in [0, 0.05) is 95.6 Å². The van der Waals surface area contributed by atoms with Gasteiger partial charge in [0.1, 0.15) is 103 Å². The normalized spacial score (nSPS) is 10.4. The lowest BCUT2D eigenvalue weighted by atomic mass is 10.1. The van der Waals surface area contributed by atoms with Gasteiger partial charge in [-0.3, -0.25) is 14.4 Å². The number of thiocarbonyl (C=S) groups is 3. The molecule has 12 aromatic carbocycles. The number of hydrogen-bond acceptors (Lipinski definition) is 20. The van der Waals surface area contributed by atoms with Crippen LogP contribution in [-0.2, 0) is 45.4 Å². The molecule has 0 aliphatic rings. The summed E-state index contributed by atoms with van der Waals surface area (Å²) in [6, 6.07) is 60.4. The lowest BCUT2D eigenvalue weighted by molar-refractivity contribution is 0.261. The van der Waals surface area contributed by atoms with Crippen molar-refractivity contribution in [3.8, 4) is 57.5 Å². The molecule has 12 aromatic rings. The molecule has 744 valence electrons. The van der Waals surface area contributed by atoms with E-state index < -0.39 is 0 Å². The molecule has 0 aromatic heterocycles. The Balaban J connectivity index is 0.000000228. The molecule has 28 heteroatoms. The lowest BCUT2D eigenvalue weighted by Crippen LogP contribution is -2.22. The third-order valence-corrected chi connectivity index (χ3v) is 27.3. The minimum atomic E-state index is -0.375. The Bertz CT molecular complexity index is 6020. The molecule has 0 fully saturated rings. The molecular formula is C112H132ClFN6O13S7. The van der Waals surface area contributed by atoms with Crippen LogP contribution in [0.2, 0.25) is 5.02 Å². The first-order valence-corrected chi connectivity index (χ1v) is 50.2. The molecule has 0 atom stereocenters. The average molecular weight is 2050 g/mol. The largest absolute Gasteiger partial charge is 0.493 e. The van der Waals surface area contributed by atoms with E-state index >= 15 is 0 Å². The number of ether oxygens (including phenoxy) is 10. The average Bonchev–Trinajstić information content (AvgIpc) is 0.841.